The van der Waals surface area contributed by atoms with Crippen molar-refractivity contribution in [3.8, 4) is 0 Å². The molecule has 0 aliphatic rings. The lowest BCUT2D eigenvalue weighted by Gasteiger charge is -2.10. The lowest BCUT2D eigenvalue weighted by atomic mass is 10.1. The number of amides is 1. The number of carbonyl (C=O) groups is 1. The molecular formula is C13H6ClF5N2O. The second-order valence-electron chi connectivity index (χ2n) is 4.14. The molecule has 0 saturated carbocycles. The summed E-state index contributed by atoms with van der Waals surface area (Å²) in [7, 11) is 0. The molecule has 0 unspecified atom stereocenters. The summed E-state index contributed by atoms with van der Waals surface area (Å²) in [5.41, 5.74) is -2.03. The Balaban J connectivity index is 2.26. The first-order valence-electron chi connectivity index (χ1n) is 5.67. The van der Waals surface area contributed by atoms with Gasteiger partial charge in [0.2, 0.25) is 0 Å². The number of benzene rings is 1. The van der Waals surface area contributed by atoms with Crippen LogP contribution in [0.5, 0.6) is 0 Å². The minimum atomic E-state index is -4.84. The molecule has 0 bridgehead atoms. The minimum absolute atomic E-state index is 0.240. The topological polar surface area (TPSA) is 42.0 Å². The van der Waals surface area contributed by atoms with Crippen LogP contribution in [-0.2, 0) is 6.18 Å². The van der Waals surface area contributed by atoms with Crippen molar-refractivity contribution >= 4 is 23.2 Å². The standard InChI is InChI=1S/C13H6ClF5N2O/c14-11-8(3-6(15)5-20-11)12(22)21-7-1-2-9(10(16)4-7)13(17,18)19/h1-5H,(H,21,22). The maximum absolute atomic E-state index is 13.4. The third-order valence-corrected chi connectivity index (χ3v) is 2.88. The van der Waals surface area contributed by atoms with E-state index in [1.807, 2.05) is 0 Å². The van der Waals surface area contributed by atoms with Crippen LogP contribution in [0.25, 0.3) is 0 Å². The Bertz CT molecular complexity index is 733. The molecule has 0 aliphatic carbocycles. The molecule has 2 rings (SSSR count). The second-order valence-corrected chi connectivity index (χ2v) is 4.50. The van der Waals surface area contributed by atoms with E-state index in [0.717, 1.165) is 18.3 Å². The Labute approximate surface area is 125 Å². The van der Waals surface area contributed by atoms with Crippen LogP contribution in [0, 0.1) is 11.6 Å². The number of pyridine rings is 1. The van der Waals surface area contributed by atoms with Gasteiger partial charge in [0.15, 0.2) is 0 Å². The number of rotatable bonds is 2. The Morgan fingerprint density at radius 2 is 1.86 bits per heavy atom. The van der Waals surface area contributed by atoms with E-state index in [4.69, 9.17) is 11.6 Å². The van der Waals surface area contributed by atoms with E-state index in [2.05, 4.69) is 10.3 Å². The fourth-order valence-electron chi connectivity index (χ4n) is 1.60. The molecule has 0 atom stereocenters. The van der Waals surface area contributed by atoms with E-state index >= 15 is 0 Å². The summed E-state index contributed by atoms with van der Waals surface area (Å²) in [6.07, 6.45) is -4.06. The van der Waals surface area contributed by atoms with Crippen molar-refractivity contribution in [3.63, 3.8) is 0 Å². The summed E-state index contributed by atoms with van der Waals surface area (Å²) in [5.74, 6) is -3.31. The van der Waals surface area contributed by atoms with Gasteiger partial charge in [0.25, 0.3) is 5.91 Å². The van der Waals surface area contributed by atoms with Crippen LogP contribution in [0.4, 0.5) is 27.6 Å². The number of alkyl halides is 3. The molecule has 22 heavy (non-hydrogen) atoms. The van der Waals surface area contributed by atoms with Crippen LogP contribution >= 0.6 is 11.6 Å². The van der Waals surface area contributed by atoms with E-state index in [-0.39, 0.29) is 16.4 Å². The molecule has 2 aromatic rings. The molecule has 0 radical (unpaired) electrons. The Morgan fingerprint density at radius 1 is 1.18 bits per heavy atom. The molecule has 3 nitrogen and oxygen atoms in total. The highest BCUT2D eigenvalue weighted by Crippen LogP contribution is 2.32. The average Bonchev–Trinajstić information content (AvgIpc) is 2.40. The van der Waals surface area contributed by atoms with Gasteiger partial charge in [0.1, 0.15) is 16.8 Å². The van der Waals surface area contributed by atoms with Crippen LogP contribution in [0.1, 0.15) is 15.9 Å². The Morgan fingerprint density at radius 3 is 2.45 bits per heavy atom. The second kappa shape index (κ2) is 5.88. The van der Waals surface area contributed by atoms with Gasteiger partial charge >= 0.3 is 6.18 Å². The number of hydrogen-bond donors (Lipinski definition) is 1. The highest BCUT2D eigenvalue weighted by Gasteiger charge is 2.34. The lowest BCUT2D eigenvalue weighted by molar-refractivity contribution is -0.139. The van der Waals surface area contributed by atoms with E-state index < -0.39 is 29.3 Å². The summed E-state index contributed by atoms with van der Waals surface area (Å²) >= 11 is 5.61. The van der Waals surface area contributed by atoms with Crippen molar-refractivity contribution in [1.29, 1.82) is 0 Å². The first kappa shape index (κ1) is 16.2. The molecule has 0 saturated heterocycles. The molecule has 0 fully saturated rings. The largest absolute Gasteiger partial charge is 0.419 e. The van der Waals surface area contributed by atoms with Gasteiger partial charge in [-0.15, -0.1) is 0 Å². The van der Waals surface area contributed by atoms with E-state index in [9.17, 15) is 26.7 Å². The molecule has 1 aromatic carbocycles. The number of nitrogens with one attached hydrogen (secondary N) is 1. The predicted molar refractivity (Wildman–Crippen MR) is 68.6 cm³/mol. The summed E-state index contributed by atoms with van der Waals surface area (Å²) in [6.45, 7) is 0. The van der Waals surface area contributed by atoms with Gasteiger partial charge < -0.3 is 5.32 Å². The summed E-state index contributed by atoms with van der Waals surface area (Å²) in [5, 5.41) is 1.81. The van der Waals surface area contributed by atoms with Crippen LogP contribution in [-0.4, -0.2) is 10.9 Å². The van der Waals surface area contributed by atoms with Crippen molar-refractivity contribution in [3.05, 3.63) is 58.4 Å². The van der Waals surface area contributed by atoms with Gasteiger partial charge in [-0.05, 0) is 24.3 Å². The monoisotopic (exact) mass is 336 g/mol. The fourth-order valence-corrected chi connectivity index (χ4v) is 1.79. The summed E-state index contributed by atoms with van der Waals surface area (Å²) in [6, 6.07) is 2.65. The van der Waals surface area contributed by atoms with Crippen molar-refractivity contribution in [1.82, 2.24) is 4.98 Å². The minimum Gasteiger partial charge on any atom is -0.322 e. The fraction of sp³-hybridized carbons (Fsp3) is 0.0769. The third-order valence-electron chi connectivity index (χ3n) is 2.58. The SMILES string of the molecule is O=C(Nc1ccc(C(F)(F)F)c(F)c1)c1cc(F)cnc1Cl. The average molecular weight is 337 g/mol. The van der Waals surface area contributed by atoms with Crippen LogP contribution in [0.2, 0.25) is 5.15 Å². The van der Waals surface area contributed by atoms with E-state index in [0.29, 0.717) is 12.1 Å². The number of carbonyl (C=O) groups excluding carboxylic acids is 1. The number of anilines is 1. The zero-order chi connectivity index (χ0) is 16.5. The molecule has 1 N–H and O–H groups in total. The normalized spacial score (nSPS) is 11.4. The highest BCUT2D eigenvalue weighted by molar-refractivity contribution is 6.33. The number of halogens is 6. The number of aromatic nitrogens is 1. The van der Waals surface area contributed by atoms with Crippen LogP contribution in [0.15, 0.2) is 30.5 Å². The predicted octanol–water partition coefficient (Wildman–Crippen LogP) is 4.28. The first-order chi connectivity index (χ1) is 10.2. The van der Waals surface area contributed by atoms with Gasteiger partial charge in [0, 0.05) is 5.69 Å². The van der Waals surface area contributed by atoms with E-state index in [1.54, 1.807) is 0 Å². The zero-order valence-electron chi connectivity index (χ0n) is 10.5. The van der Waals surface area contributed by atoms with Crippen molar-refractivity contribution in [2.75, 3.05) is 5.32 Å². The molecule has 1 aromatic heterocycles. The number of hydrogen-bond acceptors (Lipinski definition) is 2. The van der Waals surface area contributed by atoms with E-state index in [1.165, 1.54) is 0 Å². The molecule has 9 heteroatoms. The Kier molecular flexibility index (Phi) is 4.32. The number of nitrogens with zero attached hydrogens (tertiary/aromatic N) is 1. The van der Waals surface area contributed by atoms with Gasteiger partial charge in [0.05, 0.1) is 17.3 Å². The molecule has 0 aliphatic heterocycles. The third kappa shape index (κ3) is 3.51. The summed E-state index contributed by atoms with van der Waals surface area (Å²) < 4.78 is 63.6. The molecular weight excluding hydrogens is 331 g/mol. The zero-order valence-corrected chi connectivity index (χ0v) is 11.3. The van der Waals surface area contributed by atoms with Crippen LogP contribution in [0.3, 0.4) is 0 Å². The van der Waals surface area contributed by atoms with Crippen molar-refractivity contribution in [2.45, 2.75) is 6.18 Å². The van der Waals surface area contributed by atoms with Gasteiger partial charge in [-0.1, -0.05) is 11.6 Å². The quantitative estimate of drug-likeness (QED) is 0.657. The van der Waals surface area contributed by atoms with Gasteiger partial charge in [-0.2, -0.15) is 13.2 Å². The lowest BCUT2D eigenvalue weighted by Crippen LogP contribution is -2.14. The van der Waals surface area contributed by atoms with Crippen molar-refractivity contribution in [2.24, 2.45) is 0 Å². The van der Waals surface area contributed by atoms with Gasteiger partial charge in [-0.25, -0.2) is 13.8 Å². The molecule has 0 spiro atoms. The van der Waals surface area contributed by atoms with Crippen LogP contribution < -0.4 is 5.32 Å². The molecule has 1 amide bonds. The Hall–Kier alpha value is -2.22. The van der Waals surface area contributed by atoms with Crippen molar-refractivity contribution < 1.29 is 26.7 Å². The first-order valence-corrected chi connectivity index (χ1v) is 6.05. The maximum Gasteiger partial charge on any atom is 0.419 e. The molecule has 1 heterocycles. The van der Waals surface area contributed by atoms with Gasteiger partial charge in [-0.3, -0.25) is 4.79 Å². The summed E-state index contributed by atoms with van der Waals surface area (Å²) in [4.78, 5) is 15.2. The maximum atomic E-state index is 13.4. The highest BCUT2D eigenvalue weighted by atomic mass is 35.5. The molecule has 116 valence electrons. The smallest absolute Gasteiger partial charge is 0.322 e.